The lowest BCUT2D eigenvalue weighted by Gasteiger charge is -2.17. The van der Waals surface area contributed by atoms with Crippen molar-refractivity contribution in [2.24, 2.45) is 5.16 Å². The molecule has 0 aliphatic carbocycles. The number of fused-ring (bicyclic) bond motifs is 1. The zero-order valence-corrected chi connectivity index (χ0v) is 17.5. The van der Waals surface area contributed by atoms with Crippen molar-refractivity contribution in [3.63, 3.8) is 0 Å². The lowest BCUT2D eigenvalue weighted by Crippen LogP contribution is -2.30. The van der Waals surface area contributed by atoms with Gasteiger partial charge in [0.05, 0.1) is 28.9 Å². The zero-order chi connectivity index (χ0) is 25.4. The average Bonchev–Trinajstić information content (AvgIpc) is 3.07. The third-order valence-corrected chi connectivity index (χ3v) is 5.14. The molecule has 0 atom stereocenters. The van der Waals surface area contributed by atoms with Crippen LogP contribution in [0.15, 0.2) is 78.0 Å². The molecule has 0 saturated carbocycles. The van der Waals surface area contributed by atoms with Gasteiger partial charge in [0, 0.05) is 5.56 Å². The molecule has 3 aromatic carbocycles. The smallest absolute Gasteiger partial charge is 0.312 e. The second-order valence-electron chi connectivity index (χ2n) is 7.50. The maximum atomic E-state index is 13.1. The highest BCUT2D eigenvalue weighted by Gasteiger charge is 2.36. The fourth-order valence-corrected chi connectivity index (χ4v) is 3.50. The highest BCUT2D eigenvalue weighted by Crippen LogP contribution is 2.33. The van der Waals surface area contributed by atoms with Gasteiger partial charge in [-0.2, -0.15) is 26.3 Å². The Bertz CT molecular complexity index is 1330. The fourth-order valence-electron chi connectivity index (χ4n) is 3.50. The Labute approximate surface area is 194 Å². The van der Waals surface area contributed by atoms with Gasteiger partial charge in [-0.1, -0.05) is 41.6 Å². The highest BCUT2D eigenvalue weighted by molar-refractivity contribution is 6.54. The number of carbonyl (C=O) groups is 2. The summed E-state index contributed by atoms with van der Waals surface area (Å²) in [5.41, 5.74) is -1.90. The second-order valence-corrected chi connectivity index (χ2v) is 7.50. The molecule has 1 aliphatic rings. The predicted molar refractivity (Wildman–Crippen MR) is 112 cm³/mol. The first-order valence-electron chi connectivity index (χ1n) is 9.99. The summed E-state index contributed by atoms with van der Waals surface area (Å²) >= 11 is 0. The van der Waals surface area contributed by atoms with E-state index in [4.69, 9.17) is 4.84 Å². The molecular formula is C24H14F6N2O3. The topological polar surface area (TPSA) is 59.0 Å². The normalized spacial score (nSPS) is 14.9. The first-order valence-corrected chi connectivity index (χ1v) is 9.99. The van der Waals surface area contributed by atoms with Gasteiger partial charge in [0.1, 0.15) is 0 Å². The van der Waals surface area contributed by atoms with Crippen LogP contribution in [-0.4, -0.2) is 17.6 Å². The van der Waals surface area contributed by atoms with E-state index in [1.54, 1.807) is 12.1 Å². The molecular weight excluding hydrogens is 478 g/mol. The molecule has 0 aromatic heterocycles. The summed E-state index contributed by atoms with van der Waals surface area (Å²) in [5.74, 6) is -1.97. The molecule has 3 aromatic rings. The van der Waals surface area contributed by atoms with Crippen molar-refractivity contribution < 1.29 is 40.8 Å². The van der Waals surface area contributed by atoms with E-state index in [0.717, 1.165) is 30.3 Å². The van der Waals surface area contributed by atoms with Gasteiger partial charge >= 0.3 is 18.3 Å². The molecule has 35 heavy (non-hydrogen) atoms. The van der Waals surface area contributed by atoms with Gasteiger partial charge in [-0.25, -0.2) is 4.79 Å². The van der Waals surface area contributed by atoms with Gasteiger partial charge in [-0.05, 0) is 42.0 Å². The number of carbonyl (C=O) groups excluding carboxylic acids is 2. The van der Waals surface area contributed by atoms with Crippen LogP contribution in [0.4, 0.5) is 32.0 Å². The van der Waals surface area contributed by atoms with Gasteiger partial charge in [-0.15, -0.1) is 0 Å². The molecule has 0 bridgehead atoms. The largest absolute Gasteiger partial charge is 0.416 e. The summed E-state index contributed by atoms with van der Waals surface area (Å²) in [6.45, 7) is -0.222. The molecule has 0 saturated heterocycles. The molecule has 0 N–H and O–H groups in total. The average molecular weight is 492 g/mol. The lowest BCUT2D eigenvalue weighted by molar-refractivity contribution is -0.138. The minimum atomic E-state index is -4.67. The number of alkyl halides is 6. The predicted octanol–water partition coefficient (Wildman–Crippen LogP) is 5.83. The second kappa shape index (κ2) is 8.90. The first-order chi connectivity index (χ1) is 16.4. The van der Waals surface area contributed by atoms with Gasteiger partial charge in [0.25, 0.3) is 5.91 Å². The maximum Gasteiger partial charge on any atom is 0.416 e. The monoisotopic (exact) mass is 492 g/mol. The standard InChI is InChI=1S/C24H14F6N2O3/c25-23(26,27)16-7-3-5-14(11-16)13-32-19-10-2-1-9-18(19)20(21(32)33)31-35-22(34)15-6-4-8-17(12-15)24(28,29)30/h1-12H,13H2. The van der Waals surface area contributed by atoms with E-state index in [-0.39, 0.29) is 23.4 Å². The van der Waals surface area contributed by atoms with Crippen LogP contribution >= 0.6 is 0 Å². The molecule has 5 nitrogen and oxygen atoms in total. The first kappa shape index (κ1) is 24.0. The number of hydrogen-bond acceptors (Lipinski definition) is 4. The van der Waals surface area contributed by atoms with Crippen LogP contribution in [0, 0.1) is 0 Å². The summed E-state index contributed by atoms with van der Waals surface area (Å²) in [4.78, 5) is 31.2. The number of amides is 1. The van der Waals surface area contributed by atoms with Crippen molar-refractivity contribution in [2.75, 3.05) is 4.90 Å². The van der Waals surface area contributed by atoms with Crippen LogP contribution in [0.3, 0.4) is 0 Å². The van der Waals surface area contributed by atoms with Crippen LogP contribution in [-0.2, 0) is 28.5 Å². The number of benzene rings is 3. The van der Waals surface area contributed by atoms with E-state index in [1.165, 1.54) is 29.2 Å². The molecule has 180 valence electrons. The Morgan fingerprint density at radius 1 is 0.829 bits per heavy atom. The SMILES string of the molecule is O=C(ON=C1C(=O)N(Cc2cccc(C(F)(F)F)c2)c2ccccc21)c1cccc(C(F)(F)F)c1. The summed E-state index contributed by atoms with van der Waals surface area (Å²) < 4.78 is 77.9. The van der Waals surface area contributed by atoms with Crippen LogP contribution < -0.4 is 4.90 Å². The van der Waals surface area contributed by atoms with Crippen LogP contribution in [0.5, 0.6) is 0 Å². The minimum Gasteiger partial charge on any atom is -0.312 e. The molecule has 1 heterocycles. The van der Waals surface area contributed by atoms with Gasteiger partial charge < -0.3 is 9.74 Å². The van der Waals surface area contributed by atoms with E-state index in [0.29, 0.717) is 11.8 Å². The van der Waals surface area contributed by atoms with E-state index in [1.807, 2.05) is 0 Å². The summed E-state index contributed by atoms with van der Waals surface area (Å²) in [6, 6.07) is 14.2. The van der Waals surface area contributed by atoms with Crippen molar-refractivity contribution in [1.29, 1.82) is 0 Å². The summed E-state index contributed by atoms with van der Waals surface area (Å²) in [5, 5.41) is 3.58. The number of rotatable bonds is 4. The van der Waals surface area contributed by atoms with Crippen molar-refractivity contribution >= 4 is 23.3 Å². The molecule has 1 amide bonds. The maximum absolute atomic E-state index is 13.1. The van der Waals surface area contributed by atoms with Crippen molar-refractivity contribution in [3.8, 4) is 0 Å². The van der Waals surface area contributed by atoms with E-state index in [2.05, 4.69) is 5.16 Å². The molecule has 0 fully saturated rings. The number of oxime groups is 1. The summed E-state index contributed by atoms with van der Waals surface area (Å²) in [7, 11) is 0. The van der Waals surface area contributed by atoms with Gasteiger partial charge in [0.2, 0.25) is 0 Å². The van der Waals surface area contributed by atoms with E-state index in [9.17, 15) is 35.9 Å². The number of nitrogens with zero attached hydrogens (tertiary/aromatic N) is 2. The highest BCUT2D eigenvalue weighted by atomic mass is 19.4. The van der Waals surface area contributed by atoms with Crippen molar-refractivity contribution in [1.82, 2.24) is 0 Å². The Hall–Kier alpha value is -4.15. The van der Waals surface area contributed by atoms with Crippen LogP contribution in [0.2, 0.25) is 0 Å². The fraction of sp³-hybridized carbons (Fsp3) is 0.125. The molecule has 1 aliphatic heterocycles. The van der Waals surface area contributed by atoms with Crippen LogP contribution in [0.25, 0.3) is 0 Å². The third-order valence-electron chi connectivity index (χ3n) is 5.14. The Morgan fingerprint density at radius 3 is 2.14 bits per heavy atom. The number of halogens is 6. The minimum absolute atomic E-state index is 0.199. The molecule has 4 rings (SSSR count). The summed E-state index contributed by atoms with van der Waals surface area (Å²) in [6.07, 6.45) is -9.24. The number of anilines is 1. The quantitative estimate of drug-likeness (QED) is 0.262. The Balaban J connectivity index is 1.60. The number of hydrogen-bond donors (Lipinski definition) is 0. The van der Waals surface area contributed by atoms with E-state index < -0.39 is 40.9 Å². The molecule has 0 spiro atoms. The third kappa shape index (κ3) is 5.03. The molecule has 11 heteroatoms. The Morgan fingerprint density at radius 2 is 1.46 bits per heavy atom. The van der Waals surface area contributed by atoms with Gasteiger partial charge in [-0.3, -0.25) is 4.79 Å². The zero-order valence-electron chi connectivity index (χ0n) is 17.5. The van der Waals surface area contributed by atoms with Gasteiger partial charge in [0.15, 0.2) is 5.71 Å². The molecule has 0 unspecified atom stereocenters. The van der Waals surface area contributed by atoms with Crippen molar-refractivity contribution in [3.05, 3.63) is 101 Å². The Kier molecular flexibility index (Phi) is 6.10. The van der Waals surface area contributed by atoms with Crippen molar-refractivity contribution in [2.45, 2.75) is 18.9 Å². The van der Waals surface area contributed by atoms with E-state index >= 15 is 0 Å². The molecule has 0 radical (unpaired) electrons. The number of para-hydroxylation sites is 1. The lowest BCUT2D eigenvalue weighted by atomic mass is 10.1. The van der Waals surface area contributed by atoms with Crippen LogP contribution in [0.1, 0.15) is 32.6 Å².